The quantitative estimate of drug-likeness (QED) is 0.824. The van der Waals surface area contributed by atoms with Crippen molar-refractivity contribution in [2.45, 2.75) is 13.5 Å². The third-order valence-electron chi connectivity index (χ3n) is 3.59. The van der Waals surface area contributed by atoms with E-state index in [1.807, 2.05) is 49.2 Å². The van der Waals surface area contributed by atoms with Gasteiger partial charge < -0.3 is 10.1 Å². The van der Waals surface area contributed by atoms with Crippen molar-refractivity contribution in [3.8, 4) is 5.75 Å². The maximum Gasteiger partial charge on any atom is 0.238 e. The van der Waals surface area contributed by atoms with Gasteiger partial charge in [0.1, 0.15) is 5.75 Å². The van der Waals surface area contributed by atoms with E-state index >= 15 is 0 Å². The highest BCUT2D eigenvalue weighted by atomic mass is 35.5. The van der Waals surface area contributed by atoms with E-state index in [9.17, 15) is 4.79 Å². The average Bonchev–Trinajstić information content (AvgIpc) is 2.55. The fraction of sp³-hybridized carbons (Fsp3) is 0.278. The number of hydrogen-bond donors (Lipinski definition) is 1. The fourth-order valence-corrected chi connectivity index (χ4v) is 2.84. The first-order valence-corrected chi connectivity index (χ1v) is 8.23. The van der Waals surface area contributed by atoms with Gasteiger partial charge in [0, 0.05) is 12.1 Å². The van der Waals surface area contributed by atoms with Crippen molar-refractivity contribution in [2.24, 2.45) is 0 Å². The first-order valence-electron chi connectivity index (χ1n) is 7.47. The molecule has 4 nitrogen and oxygen atoms in total. The molecule has 128 valence electrons. The van der Waals surface area contributed by atoms with Crippen LogP contribution in [-0.2, 0) is 11.3 Å². The average molecular weight is 367 g/mol. The lowest BCUT2D eigenvalue weighted by Crippen LogP contribution is -2.30. The van der Waals surface area contributed by atoms with Crippen LogP contribution in [0, 0.1) is 6.92 Å². The molecule has 2 aromatic rings. The van der Waals surface area contributed by atoms with Crippen LogP contribution >= 0.6 is 23.2 Å². The molecule has 0 aliphatic carbocycles. The van der Waals surface area contributed by atoms with Crippen LogP contribution < -0.4 is 10.1 Å². The Morgan fingerprint density at radius 3 is 2.62 bits per heavy atom. The number of hydrogen-bond acceptors (Lipinski definition) is 3. The number of halogens is 2. The summed E-state index contributed by atoms with van der Waals surface area (Å²) in [5.74, 6) is 0.622. The minimum absolute atomic E-state index is 0.179. The lowest BCUT2D eigenvalue weighted by Gasteiger charge is -2.18. The molecular weight excluding hydrogens is 347 g/mol. The topological polar surface area (TPSA) is 41.6 Å². The molecule has 0 heterocycles. The van der Waals surface area contributed by atoms with Crippen molar-refractivity contribution in [2.75, 3.05) is 26.0 Å². The molecule has 0 spiro atoms. The van der Waals surface area contributed by atoms with E-state index in [1.54, 1.807) is 13.2 Å². The van der Waals surface area contributed by atoms with Crippen molar-refractivity contribution in [1.29, 1.82) is 0 Å². The second-order valence-electron chi connectivity index (χ2n) is 5.59. The lowest BCUT2D eigenvalue weighted by atomic mass is 10.2. The van der Waals surface area contributed by atoms with Crippen LogP contribution in [0.2, 0.25) is 10.0 Å². The molecular formula is C18H20Cl2N2O2. The van der Waals surface area contributed by atoms with Gasteiger partial charge in [0.2, 0.25) is 5.91 Å². The number of carbonyl (C=O) groups excluding carboxylic acids is 1. The summed E-state index contributed by atoms with van der Waals surface area (Å²) in [6, 6.07) is 11.3. The number of nitrogens with zero attached hydrogens (tertiary/aromatic N) is 1. The molecule has 1 N–H and O–H groups in total. The summed E-state index contributed by atoms with van der Waals surface area (Å²) in [6.45, 7) is 2.66. The van der Waals surface area contributed by atoms with Crippen LogP contribution in [0.5, 0.6) is 5.75 Å². The summed E-state index contributed by atoms with van der Waals surface area (Å²) < 4.78 is 5.33. The summed E-state index contributed by atoms with van der Waals surface area (Å²) >= 11 is 12.3. The number of carbonyl (C=O) groups is 1. The predicted octanol–water partition coefficient (Wildman–Crippen LogP) is 4.38. The molecule has 2 rings (SSSR count). The molecule has 1 amide bonds. The van der Waals surface area contributed by atoms with Gasteiger partial charge in [0.05, 0.1) is 29.4 Å². The Bertz CT molecular complexity index is 735. The van der Waals surface area contributed by atoms with Gasteiger partial charge >= 0.3 is 0 Å². The first-order chi connectivity index (χ1) is 11.4. The maximum absolute atomic E-state index is 12.3. The smallest absolute Gasteiger partial charge is 0.238 e. The minimum Gasteiger partial charge on any atom is -0.496 e. The fourth-order valence-electron chi connectivity index (χ4n) is 2.38. The van der Waals surface area contributed by atoms with Gasteiger partial charge in [-0.1, -0.05) is 47.5 Å². The minimum atomic E-state index is -0.179. The molecule has 2 aromatic carbocycles. The summed E-state index contributed by atoms with van der Waals surface area (Å²) in [4.78, 5) is 14.2. The number of methoxy groups -OCH3 is 1. The van der Waals surface area contributed by atoms with Crippen LogP contribution in [-0.4, -0.2) is 31.5 Å². The van der Waals surface area contributed by atoms with Crippen LogP contribution in [0.25, 0.3) is 0 Å². The Kier molecular flexibility index (Phi) is 6.49. The molecule has 0 unspecified atom stereocenters. The van der Waals surface area contributed by atoms with Gasteiger partial charge in [-0.2, -0.15) is 0 Å². The van der Waals surface area contributed by atoms with E-state index in [1.165, 1.54) is 0 Å². The van der Waals surface area contributed by atoms with Gasteiger partial charge in [-0.15, -0.1) is 0 Å². The monoisotopic (exact) mass is 366 g/mol. The first kappa shape index (κ1) is 18.6. The Labute approximate surface area is 152 Å². The number of amides is 1. The highest BCUT2D eigenvalue weighted by molar-refractivity contribution is 6.40. The molecule has 0 aliphatic heterocycles. The number of likely N-dealkylation sites (N-methyl/N-ethyl adjacent to an activating group) is 1. The van der Waals surface area contributed by atoms with E-state index in [4.69, 9.17) is 27.9 Å². The molecule has 0 saturated heterocycles. The number of aryl methyl sites for hydroxylation is 1. The number of anilines is 1. The van der Waals surface area contributed by atoms with Gasteiger partial charge in [0.25, 0.3) is 0 Å². The second kappa shape index (κ2) is 8.38. The molecule has 0 bridgehead atoms. The molecule has 0 atom stereocenters. The van der Waals surface area contributed by atoms with Crippen LogP contribution in [0.4, 0.5) is 5.69 Å². The Hall–Kier alpha value is -1.75. The van der Waals surface area contributed by atoms with Crippen molar-refractivity contribution in [1.82, 2.24) is 4.90 Å². The van der Waals surface area contributed by atoms with Crippen molar-refractivity contribution in [3.63, 3.8) is 0 Å². The van der Waals surface area contributed by atoms with Crippen LogP contribution in [0.15, 0.2) is 36.4 Å². The van der Waals surface area contributed by atoms with Gasteiger partial charge in [-0.25, -0.2) is 0 Å². The summed E-state index contributed by atoms with van der Waals surface area (Å²) in [5.41, 5.74) is 2.33. The SMILES string of the molecule is COc1ccccc1CN(C)CC(=O)Nc1c(Cl)ccc(C)c1Cl. The normalized spacial score (nSPS) is 10.8. The maximum atomic E-state index is 12.3. The summed E-state index contributed by atoms with van der Waals surface area (Å²) in [6.07, 6.45) is 0. The number of ether oxygens (including phenoxy) is 1. The number of nitrogens with one attached hydrogen (secondary N) is 1. The molecule has 0 radical (unpaired) electrons. The zero-order valence-electron chi connectivity index (χ0n) is 13.9. The van der Waals surface area contributed by atoms with Gasteiger partial charge in [-0.3, -0.25) is 9.69 Å². The Balaban J connectivity index is 2.01. The van der Waals surface area contributed by atoms with Gasteiger partial charge in [0.15, 0.2) is 0 Å². The van der Waals surface area contributed by atoms with E-state index in [2.05, 4.69) is 5.32 Å². The predicted molar refractivity (Wildman–Crippen MR) is 99.2 cm³/mol. The third kappa shape index (κ3) is 4.63. The van der Waals surface area contributed by atoms with Gasteiger partial charge in [-0.05, 0) is 31.7 Å². The van der Waals surface area contributed by atoms with Crippen LogP contribution in [0.3, 0.4) is 0 Å². The molecule has 0 aliphatic rings. The second-order valence-corrected chi connectivity index (χ2v) is 6.37. The number of para-hydroxylation sites is 1. The van der Waals surface area contributed by atoms with E-state index < -0.39 is 0 Å². The van der Waals surface area contributed by atoms with Crippen molar-refractivity contribution in [3.05, 3.63) is 57.6 Å². The van der Waals surface area contributed by atoms with E-state index in [-0.39, 0.29) is 12.5 Å². The highest BCUT2D eigenvalue weighted by Gasteiger charge is 2.14. The molecule has 6 heteroatoms. The zero-order chi connectivity index (χ0) is 17.7. The molecule has 0 saturated carbocycles. The Morgan fingerprint density at radius 2 is 1.92 bits per heavy atom. The standard InChI is InChI=1S/C18H20Cl2N2O2/c1-12-8-9-14(19)18(17(12)20)21-16(23)11-22(2)10-13-6-4-5-7-15(13)24-3/h4-9H,10-11H2,1-3H3,(H,21,23). The summed E-state index contributed by atoms with van der Waals surface area (Å²) in [5, 5.41) is 3.67. The number of benzene rings is 2. The Morgan fingerprint density at radius 1 is 1.21 bits per heavy atom. The van der Waals surface area contributed by atoms with Crippen molar-refractivity contribution < 1.29 is 9.53 Å². The molecule has 24 heavy (non-hydrogen) atoms. The van der Waals surface area contributed by atoms with E-state index in [0.717, 1.165) is 16.9 Å². The summed E-state index contributed by atoms with van der Waals surface area (Å²) in [7, 11) is 3.50. The van der Waals surface area contributed by atoms with E-state index in [0.29, 0.717) is 22.3 Å². The van der Waals surface area contributed by atoms with Crippen LogP contribution in [0.1, 0.15) is 11.1 Å². The number of rotatable bonds is 6. The van der Waals surface area contributed by atoms with Crippen molar-refractivity contribution >= 4 is 34.8 Å². The highest BCUT2D eigenvalue weighted by Crippen LogP contribution is 2.32. The third-order valence-corrected chi connectivity index (χ3v) is 4.40. The molecule has 0 fully saturated rings. The molecule has 0 aromatic heterocycles. The largest absolute Gasteiger partial charge is 0.496 e. The lowest BCUT2D eigenvalue weighted by molar-refractivity contribution is -0.117. The zero-order valence-corrected chi connectivity index (χ0v) is 15.4.